The molecule has 20 heavy (non-hydrogen) atoms. The van der Waals surface area contributed by atoms with Crippen molar-refractivity contribution < 1.29 is 9.53 Å². The molecule has 0 aliphatic heterocycles. The van der Waals surface area contributed by atoms with Gasteiger partial charge in [0.15, 0.2) is 0 Å². The molecule has 2 rings (SSSR count). The van der Waals surface area contributed by atoms with Crippen LogP contribution in [0, 0.1) is 0 Å². The molecule has 0 saturated heterocycles. The van der Waals surface area contributed by atoms with Crippen molar-refractivity contribution in [1.29, 1.82) is 0 Å². The van der Waals surface area contributed by atoms with Crippen LogP contribution >= 0.6 is 22.9 Å². The van der Waals surface area contributed by atoms with E-state index >= 15 is 0 Å². The van der Waals surface area contributed by atoms with Crippen LogP contribution in [0.1, 0.15) is 17.7 Å². The average molecular weight is 310 g/mol. The van der Waals surface area contributed by atoms with Gasteiger partial charge in [-0.15, -0.1) is 11.3 Å². The highest BCUT2D eigenvalue weighted by atomic mass is 35.5. The van der Waals surface area contributed by atoms with E-state index in [1.54, 1.807) is 36.6 Å². The predicted octanol–water partition coefficient (Wildman–Crippen LogP) is 4.37. The summed E-state index contributed by atoms with van der Waals surface area (Å²) in [6, 6.07) is 9.31. The van der Waals surface area contributed by atoms with Gasteiger partial charge in [-0.05, 0) is 36.4 Å². The number of anilines is 1. The van der Waals surface area contributed by atoms with Crippen LogP contribution in [0.25, 0.3) is 0 Å². The lowest BCUT2D eigenvalue weighted by Gasteiger charge is -2.08. The molecule has 3 nitrogen and oxygen atoms in total. The van der Waals surface area contributed by atoms with Crippen LogP contribution in [-0.4, -0.2) is 13.0 Å². The number of nitrogens with one attached hydrogen (secondary N) is 1. The van der Waals surface area contributed by atoms with Crippen molar-refractivity contribution in [2.75, 3.05) is 12.4 Å². The molecular weight excluding hydrogens is 294 g/mol. The second-order valence-corrected chi connectivity index (χ2v) is 5.77. The lowest BCUT2D eigenvalue weighted by Crippen LogP contribution is -2.11. The fraction of sp³-hybridized carbons (Fsp3) is 0.267. The van der Waals surface area contributed by atoms with Gasteiger partial charge in [-0.3, -0.25) is 4.79 Å². The Labute approximate surface area is 127 Å². The van der Waals surface area contributed by atoms with Crippen LogP contribution in [0.2, 0.25) is 5.02 Å². The van der Waals surface area contributed by atoms with Gasteiger partial charge in [-0.25, -0.2) is 0 Å². The minimum absolute atomic E-state index is 0.0198. The maximum absolute atomic E-state index is 11.9. The molecule has 0 fully saturated rings. The summed E-state index contributed by atoms with van der Waals surface area (Å²) >= 11 is 7.79. The number of carbonyl (C=O) groups is 1. The number of aryl methyl sites for hydroxylation is 1. The van der Waals surface area contributed by atoms with Crippen molar-refractivity contribution in [3.05, 3.63) is 45.6 Å². The highest BCUT2D eigenvalue weighted by Gasteiger charge is 2.07. The van der Waals surface area contributed by atoms with E-state index in [4.69, 9.17) is 16.3 Å². The molecule has 5 heteroatoms. The van der Waals surface area contributed by atoms with Crippen molar-refractivity contribution >= 4 is 34.5 Å². The van der Waals surface area contributed by atoms with Gasteiger partial charge in [0.2, 0.25) is 5.91 Å². The fourth-order valence-electron chi connectivity index (χ4n) is 1.81. The van der Waals surface area contributed by atoms with E-state index in [9.17, 15) is 4.79 Å². The topological polar surface area (TPSA) is 38.3 Å². The van der Waals surface area contributed by atoms with Gasteiger partial charge in [-0.1, -0.05) is 17.7 Å². The molecule has 1 N–H and O–H groups in total. The van der Waals surface area contributed by atoms with Crippen molar-refractivity contribution in [3.8, 4) is 5.75 Å². The van der Waals surface area contributed by atoms with Gasteiger partial charge in [0, 0.05) is 17.4 Å². The van der Waals surface area contributed by atoms with Crippen molar-refractivity contribution in [2.24, 2.45) is 0 Å². The molecule has 0 unspecified atom stereocenters. The Morgan fingerprint density at radius 2 is 2.25 bits per heavy atom. The maximum Gasteiger partial charge on any atom is 0.224 e. The van der Waals surface area contributed by atoms with Gasteiger partial charge in [-0.2, -0.15) is 0 Å². The average Bonchev–Trinajstić information content (AvgIpc) is 2.94. The first-order valence-corrected chi connectivity index (χ1v) is 7.60. The Kier molecular flexibility index (Phi) is 5.44. The molecule has 0 radical (unpaired) electrons. The standard InChI is InChI=1S/C15H16ClNO2S/c1-19-11-7-8-14(13(16)10-11)17-15(18)6-2-4-12-5-3-9-20-12/h3,5,7-10H,2,4,6H2,1H3,(H,17,18). The first kappa shape index (κ1) is 14.9. The zero-order valence-corrected chi connectivity index (χ0v) is 12.8. The van der Waals surface area contributed by atoms with E-state index < -0.39 is 0 Å². The zero-order valence-electron chi connectivity index (χ0n) is 11.2. The van der Waals surface area contributed by atoms with Gasteiger partial charge >= 0.3 is 0 Å². The van der Waals surface area contributed by atoms with Crippen LogP contribution in [0.5, 0.6) is 5.75 Å². The summed E-state index contributed by atoms with van der Waals surface area (Å²) in [5, 5.41) is 5.35. The number of halogens is 1. The third-order valence-corrected chi connectivity index (χ3v) is 4.11. The molecule has 0 saturated carbocycles. The maximum atomic E-state index is 11.9. The van der Waals surface area contributed by atoms with E-state index in [0.29, 0.717) is 22.9 Å². The molecule has 1 heterocycles. The van der Waals surface area contributed by atoms with E-state index in [1.807, 2.05) is 11.4 Å². The predicted molar refractivity (Wildman–Crippen MR) is 83.9 cm³/mol. The Balaban J connectivity index is 1.82. The second kappa shape index (κ2) is 7.31. The van der Waals surface area contributed by atoms with Gasteiger partial charge < -0.3 is 10.1 Å². The lowest BCUT2D eigenvalue weighted by atomic mass is 10.2. The summed E-state index contributed by atoms with van der Waals surface area (Å²) in [5.41, 5.74) is 0.619. The van der Waals surface area contributed by atoms with Gasteiger partial charge in [0.05, 0.1) is 17.8 Å². The Morgan fingerprint density at radius 1 is 1.40 bits per heavy atom. The van der Waals surface area contributed by atoms with Crippen LogP contribution in [0.15, 0.2) is 35.7 Å². The largest absolute Gasteiger partial charge is 0.497 e. The molecule has 1 amide bonds. The Bertz CT molecular complexity index is 569. The van der Waals surface area contributed by atoms with Gasteiger partial charge in [0.25, 0.3) is 0 Å². The molecule has 0 aliphatic carbocycles. The third-order valence-electron chi connectivity index (χ3n) is 2.86. The Hall–Kier alpha value is -1.52. The minimum atomic E-state index is -0.0198. The molecule has 1 aromatic carbocycles. The first-order chi connectivity index (χ1) is 9.69. The molecule has 1 aromatic heterocycles. The quantitative estimate of drug-likeness (QED) is 0.860. The van der Waals surface area contributed by atoms with E-state index in [-0.39, 0.29) is 5.91 Å². The second-order valence-electron chi connectivity index (χ2n) is 4.33. The van der Waals surface area contributed by atoms with Crippen LogP contribution in [0.3, 0.4) is 0 Å². The number of hydrogen-bond acceptors (Lipinski definition) is 3. The third kappa shape index (κ3) is 4.25. The van der Waals surface area contributed by atoms with Gasteiger partial charge in [0.1, 0.15) is 5.75 Å². The van der Waals surface area contributed by atoms with Crippen LogP contribution < -0.4 is 10.1 Å². The number of thiophene rings is 1. The van der Waals surface area contributed by atoms with Crippen molar-refractivity contribution in [3.63, 3.8) is 0 Å². The molecule has 0 aliphatic rings. The fourth-order valence-corrected chi connectivity index (χ4v) is 2.78. The highest BCUT2D eigenvalue weighted by Crippen LogP contribution is 2.26. The summed E-state index contributed by atoms with van der Waals surface area (Å²) in [6.45, 7) is 0. The lowest BCUT2D eigenvalue weighted by molar-refractivity contribution is -0.116. The number of rotatable bonds is 6. The number of methoxy groups -OCH3 is 1. The molecule has 0 atom stereocenters. The van der Waals surface area contributed by atoms with Crippen LogP contribution in [0.4, 0.5) is 5.69 Å². The van der Waals surface area contributed by atoms with Crippen molar-refractivity contribution in [2.45, 2.75) is 19.3 Å². The highest BCUT2D eigenvalue weighted by molar-refractivity contribution is 7.09. The summed E-state index contributed by atoms with van der Waals surface area (Å²) in [6.07, 6.45) is 2.25. The SMILES string of the molecule is COc1ccc(NC(=O)CCCc2cccs2)c(Cl)c1. The summed E-state index contributed by atoms with van der Waals surface area (Å²) in [7, 11) is 1.58. The minimum Gasteiger partial charge on any atom is -0.497 e. The monoisotopic (exact) mass is 309 g/mol. The van der Waals surface area contributed by atoms with Crippen molar-refractivity contribution in [1.82, 2.24) is 0 Å². The first-order valence-electron chi connectivity index (χ1n) is 6.35. The zero-order chi connectivity index (χ0) is 14.4. The molecule has 2 aromatic rings. The van der Waals surface area contributed by atoms with E-state index in [1.165, 1.54) is 4.88 Å². The number of benzene rings is 1. The van der Waals surface area contributed by atoms with E-state index in [0.717, 1.165) is 12.8 Å². The Morgan fingerprint density at radius 3 is 2.90 bits per heavy atom. The van der Waals surface area contributed by atoms with E-state index in [2.05, 4.69) is 11.4 Å². The summed E-state index contributed by atoms with van der Waals surface area (Å²) < 4.78 is 5.07. The number of amides is 1. The number of ether oxygens (including phenoxy) is 1. The molecule has 106 valence electrons. The molecule has 0 bridgehead atoms. The normalized spacial score (nSPS) is 10.3. The number of hydrogen-bond donors (Lipinski definition) is 1. The summed E-state index contributed by atoms with van der Waals surface area (Å²) in [5.74, 6) is 0.652. The smallest absolute Gasteiger partial charge is 0.224 e. The molecular formula is C15H16ClNO2S. The number of carbonyl (C=O) groups excluding carboxylic acids is 1. The summed E-state index contributed by atoms with van der Waals surface area (Å²) in [4.78, 5) is 13.2. The molecule has 0 spiro atoms. The van der Waals surface area contributed by atoms with Crippen LogP contribution in [-0.2, 0) is 11.2 Å².